The Bertz CT molecular complexity index is 1000. The second-order valence-electron chi connectivity index (χ2n) is 5.42. The molecule has 1 heterocycles. The van der Waals surface area contributed by atoms with Gasteiger partial charge in [0.25, 0.3) is 0 Å². The lowest BCUT2D eigenvalue weighted by atomic mass is 10.2. The fourth-order valence-corrected chi connectivity index (χ4v) is 2.64. The van der Waals surface area contributed by atoms with Crippen molar-refractivity contribution in [1.29, 1.82) is 5.26 Å². The zero-order valence-corrected chi connectivity index (χ0v) is 15.4. The number of rotatable bonds is 6. The lowest BCUT2D eigenvalue weighted by Gasteiger charge is -2.14. The molecule has 2 aromatic carbocycles. The molecular formula is C19H16ClN5O2. The molecule has 8 heteroatoms. The van der Waals surface area contributed by atoms with Gasteiger partial charge >= 0.3 is 0 Å². The number of hydrogen-bond acceptors (Lipinski definition) is 7. The van der Waals surface area contributed by atoms with Crippen molar-refractivity contribution in [2.45, 2.75) is 0 Å². The number of halogens is 1. The topological polar surface area (TPSA) is 92.1 Å². The molecule has 2 N–H and O–H groups in total. The second-order valence-corrected chi connectivity index (χ2v) is 5.83. The van der Waals surface area contributed by atoms with Gasteiger partial charge in [0.2, 0.25) is 0 Å². The monoisotopic (exact) mass is 381 g/mol. The Kier molecular flexibility index (Phi) is 5.59. The predicted molar refractivity (Wildman–Crippen MR) is 104 cm³/mol. The maximum absolute atomic E-state index is 9.00. The van der Waals surface area contributed by atoms with Gasteiger partial charge in [0.1, 0.15) is 29.5 Å². The highest BCUT2D eigenvalue weighted by molar-refractivity contribution is 6.32. The molecule has 0 fully saturated rings. The summed E-state index contributed by atoms with van der Waals surface area (Å²) in [5.74, 6) is 2.19. The molecule has 3 aromatic rings. The van der Waals surface area contributed by atoms with E-state index in [1.165, 1.54) is 6.33 Å². The number of ether oxygens (including phenoxy) is 2. The maximum Gasteiger partial charge on any atom is 0.144 e. The van der Waals surface area contributed by atoms with Crippen molar-refractivity contribution in [1.82, 2.24) is 9.97 Å². The largest absolute Gasteiger partial charge is 0.495 e. The summed E-state index contributed by atoms with van der Waals surface area (Å²) >= 11 is 6.13. The van der Waals surface area contributed by atoms with Crippen LogP contribution in [0, 0.1) is 11.3 Å². The molecule has 0 radical (unpaired) electrons. The Morgan fingerprint density at radius 1 is 0.963 bits per heavy atom. The average Bonchev–Trinajstić information content (AvgIpc) is 2.69. The third-order valence-electron chi connectivity index (χ3n) is 3.67. The summed E-state index contributed by atoms with van der Waals surface area (Å²) in [6, 6.07) is 14.4. The van der Waals surface area contributed by atoms with Crippen molar-refractivity contribution in [2.75, 3.05) is 24.9 Å². The van der Waals surface area contributed by atoms with E-state index in [4.69, 9.17) is 26.3 Å². The van der Waals surface area contributed by atoms with Crippen LogP contribution in [0.25, 0.3) is 0 Å². The van der Waals surface area contributed by atoms with Crippen LogP contribution in [-0.2, 0) is 0 Å². The number of nitrogens with one attached hydrogen (secondary N) is 2. The number of anilines is 4. The lowest BCUT2D eigenvalue weighted by Crippen LogP contribution is -2.00. The van der Waals surface area contributed by atoms with Crippen LogP contribution in [0.5, 0.6) is 11.5 Å². The van der Waals surface area contributed by atoms with Crippen LogP contribution in [0.2, 0.25) is 5.02 Å². The van der Waals surface area contributed by atoms with Gasteiger partial charge in [-0.15, -0.1) is 0 Å². The Balaban J connectivity index is 1.85. The van der Waals surface area contributed by atoms with Crippen LogP contribution in [0.15, 0.2) is 48.8 Å². The summed E-state index contributed by atoms with van der Waals surface area (Å²) in [4.78, 5) is 8.42. The fourth-order valence-electron chi connectivity index (χ4n) is 2.40. The smallest absolute Gasteiger partial charge is 0.144 e. The minimum atomic E-state index is 0.447. The fraction of sp³-hybridized carbons (Fsp3) is 0.105. The summed E-state index contributed by atoms with van der Waals surface area (Å²) in [5, 5.41) is 15.8. The van der Waals surface area contributed by atoms with Gasteiger partial charge in [0.05, 0.1) is 36.6 Å². The third-order valence-corrected chi connectivity index (χ3v) is 3.96. The van der Waals surface area contributed by atoms with E-state index in [-0.39, 0.29) is 0 Å². The molecule has 7 nitrogen and oxygen atoms in total. The summed E-state index contributed by atoms with van der Waals surface area (Å²) in [5.41, 5.74) is 1.96. The van der Waals surface area contributed by atoms with Crippen LogP contribution in [0.4, 0.5) is 23.0 Å². The molecule has 3 rings (SSSR count). The van der Waals surface area contributed by atoms with E-state index in [2.05, 4.69) is 26.7 Å². The van der Waals surface area contributed by atoms with Gasteiger partial charge in [0.15, 0.2) is 0 Å². The Labute approximate surface area is 161 Å². The summed E-state index contributed by atoms with van der Waals surface area (Å²) in [6.07, 6.45) is 1.43. The number of benzene rings is 2. The highest BCUT2D eigenvalue weighted by atomic mass is 35.5. The molecule has 0 atom stereocenters. The summed E-state index contributed by atoms with van der Waals surface area (Å²) in [6.45, 7) is 0. The second kappa shape index (κ2) is 8.25. The third kappa shape index (κ3) is 4.37. The minimum Gasteiger partial charge on any atom is -0.495 e. The molecule has 0 aliphatic rings. The molecule has 0 bridgehead atoms. The molecule has 0 amide bonds. The van der Waals surface area contributed by atoms with Gasteiger partial charge in [0, 0.05) is 23.9 Å². The van der Waals surface area contributed by atoms with Crippen LogP contribution in [-0.4, -0.2) is 24.2 Å². The van der Waals surface area contributed by atoms with Crippen molar-refractivity contribution in [3.05, 3.63) is 59.4 Å². The Hall–Kier alpha value is -3.50. The summed E-state index contributed by atoms with van der Waals surface area (Å²) in [7, 11) is 3.10. The minimum absolute atomic E-state index is 0.447. The highest BCUT2D eigenvalue weighted by Gasteiger charge is 2.11. The van der Waals surface area contributed by atoms with E-state index in [9.17, 15) is 0 Å². The first-order chi connectivity index (χ1) is 13.1. The number of methoxy groups -OCH3 is 2. The summed E-state index contributed by atoms with van der Waals surface area (Å²) < 4.78 is 10.6. The zero-order valence-electron chi connectivity index (χ0n) is 14.7. The lowest BCUT2D eigenvalue weighted by molar-refractivity contribution is 0.405. The normalized spacial score (nSPS) is 10.0. The van der Waals surface area contributed by atoms with Crippen LogP contribution in [0.3, 0.4) is 0 Å². The van der Waals surface area contributed by atoms with Crippen molar-refractivity contribution < 1.29 is 9.47 Å². The number of hydrogen-bond donors (Lipinski definition) is 2. The van der Waals surface area contributed by atoms with E-state index in [0.29, 0.717) is 39.4 Å². The molecule has 1 aromatic heterocycles. The van der Waals surface area contributed by atoms with Crippen LogP contribution in [0.1, 0.15) is 5.56 Å². The van der Waals surface area contributed by atoms with Gasteiger partial charge in [-0.3, -0.25) is 0 Å². The van der Waals surface area contributed by atoms with E-state index in [1.54, 1.807) is 50.6 Å². The quantitative estimate of drug-likeness (QED) is 0.649. The van der Waals surface area contributed by atoms with Gasteiger partial charge in [-0.2, -0.15) is 5.26 Å². The van der Waals surface area contributed by atoms with Crippen molar-refractivity contribution in [2.24, 2.45) is 0 Å². The molecule has 0 aliphatic heterocycles. The maximum atomic E-state index is 9.00. The van der Waals surface area contributed by atoms with E-state index < -0.39 is 0 Å². The highest BCUT2D eigenvalue weighted by Crippen LogP contribution is 2.37. The van der Waals surface area contributed by atoms with E-state index >= 15 is 0 Å². The van der Waals surface area contributed by atoms with Crippen LogP contribution < -0.4 is 20.1 Å². The van der Waals surface area contributed by atoms with E-state index in [1.807, 2.05) is 6.07 Å². The molecule has 0 saturated heterocycles. The standard InChI is InChI=1S/C19H16ClN5O2/c1-26-16-8-15(17(27-2)7-14(16)20)25-19-9-18(22-11-23-19)24-13-5-3-4-12(6-13)10-21/h3-9,11H,1-2H3,(H2,22,23,24,25). The van der Waals surface area contributed by atoms with Gasteiger partial charge in [-0.1, -0.05) is 17.7 Å². The van der Waals surface area contributed by atoms with Crippen molar-refractivity contribution >= 4 is 34.6 Å². The zero-order chi connectivity index (χ0) is 19.2. The molecular weight excluding hydrogens is 366 g/mol. The first-order valence-electron chi connectivity index (χ1n) is 7.90. The Morgan fingerprint density at radius 2 is 1.70 bits per heavy atom. The van der Waals surface area contributed by atoms with Crippen LogP contribution >= 0.6 is 11.6 Å². The van der Waals surface area contributed by atoms with Gasteiger partial charge < -0.3 is 20.1 Å². The molecule has 136 valence electrons. The SMILES string of the molecule is COc1cc(Nc2cc(Nc3cccc(C#N)c3)ncn2)c(OC)cc1Cl. The molecule has 0 aliphatic carbocycles. The number of nitrogens with zero attached hydrogens (tertiary/aromatic N) is 3. The molecule has 0 unspecified atom stereocenters. The first-order valence-corrected chi connectivity index (χ1v) is 8.28. The molecule has 0 spiro atoms. The Morgan fingerprint density at radius 3 is 2.41 bits per heavy atom. The van der Waals surface area contributed by atoms with Gasteiger partial charge in [-0.25, -0.2) is 9.97 Å². The average molecular weight is 382 g/mol. The van der Waals surface area contributed by atoms with Gasteiger partial charge in [-0.05, 0) is 18.2 Å². The van der Waals surface area contributed by atoms with Crippen molar-refractivity contribution in [3.63, 3.8) is 0 Å². The predicted octanol–water partition coefficient (Wildman–Crippen LogP) is 4.51. The van der Waals surface area contributed by atoms with Crippen molar-refractivity contribution in [3.8, 4) is 17.6 Å². The van der Waals surface area contributed by atoms with E-state index in [0.717, 1.165) is 5.69 Å². The number of aromatic nitrogens is 2. The number of nitriles is 1. The molecule has 0 saturated carbocycles. The first kappa shape index (κ1) is 18.3. The molecule has 27 heavy (non-hydrogen) atoms.